The van der Waals surface area contributed by atoms with E-state index in [1.54, 1.807) is 23.3 Å². The van der Waals surface area contributed by atoms with Gasteiger partial charge in [-0.2, -0.15) is 15.0 Å². The van der Waals surface area contributed by atoms with E-state index in [1.807, 2.05) is 0 Å². The molecule has 3 heterocycles. The van der Waals surface area contributed by atoms with Crippen LogP contribution in [0.25, 0.3) is 5.95 Å². The maximum Gasteiger partial charge on any atom is 0.241 e. The molecule has 0 aliphatic carbocycles. The molecule has 106 valence electrons. The van der Waals surface area contributed by atoms with Crippen molar-refractivity contribution in [2.45, 2.75) is 18.9 Å². The lowest BCUT2D eigenvalue weighted by atomic mass is 10.1. The first kappa shape index (κ1) is 13.3. The van der Waals surface area contributed by atoms with E-state index in [0.29, 0.717) is 17.9 Å². The Morgan fingerprint density at radius 1 is 1.25 bits per heavy atom. The molecule has 20 heavy (non-hydrogen) atoms. The van der Waals surface area contributed by atoms with Gasteiger partial charge in [0.15, 0.2) is 0 Å². The molecule has 0 unspecified atom stereocenters. The molecule has 2 aromatic rings. The van der Waals surface area contributed by atoms with Crippen LogP contribution in [0, 0.1) is 0 Å². The smallest absolute Gasteiger partial charge is 0.241 e. The molecule has 3 rings (SSSR count). The molecule has 8 heteroatoms. The number of hydrogen-bond donors (Lipinski definition) is 1. The minimum Gasteiger partial charge on any atom is -0.351 e. The van der Waals surface area contributed by atoms with Gasteiger partial charge in [-0.3, -0.25) is 4.57 Å². The van der Waals surface area contributed by atoms with E-state index >= 15 is 0 Å². The molecule has 0 aromatic carbocycles. The predicted octanol–water partition coefficient (Wildman–Crippen LogP) is 1.22. The van der Waals surface area contributed by atoms with Crippen LogP contribution in [0.2, 0.25) is 5.28 Å². The molecule has 0 saturated carbocycles. The largest absolute Gasteiger partial charge is 0.351 e. The van der Waals surface area contributed by atoms with E-state index in [0.717, 1.165) is 25.9 Å². The van der Waals surface area contributed by atoms with Crippen LogP contribution in [0.1, 0.15) is 12.8 Å². The van der Waals surface area contributed by atoms with Gasteiger partial charge in [-0.15, -0.1) is 0 Å². The monoisotopic (exact) mass is 293 g/mol. The molecule has 0 atom stereocenters. The van der Waals surface area contributed by atoms with E-state index in [1.165, 1.54) is 0 Å². The summed E-state index contributed by atoms with van der Waals surface area (Å²) < 4.78 is 1.70. The lowest BCUT2D eigenvalue weighted by molar-refractivity contribution is 0.263. The van der Waals surface area contributed by atoms with Gasteiger partial charge in [0.1, 0.15) is 6.33 Å². The van der Waals surface area contributed by atoms with Gasteiger partial charge < -0.3 is 10.2 Å². The number of imidazole rings is 1. The van der Waals surface area contributed by atoms with Gasteiger partial charge in [0, 0.05) is 18.4 Å². The number of halogens is 1. The molecule has 1 saturated heterocycles. The van der Waals surface area contributed by atoms with Gasteiger partial charge in [0.05, 0.1) is 0 Å². The highest BCUT2D eigenvalue weighted by atomic mass is 35.5. The first-order valence-electron chi connectivity index (χ1n) is 6.56. The summed E-state index contributed by atoms with van der Waals surface area (Å²) in [5.41, 5.74) is 0. The average Bonchev–Trinajstić information content (AvgIpc) is 2.95. The number of rotatable bonds is 3. The molecular formula is C12H16ClN7. The number of anilines is 1. The highest BCUT2D eigenvalue weighted by Gasteiger charge is 2.18. The number of piperidine rings is 1. The number of nitrogens with one attached hydrogen (secondary N) is 1. The van der Waals surface area contributed by atoms with Crippen molar-refractivity contribution >= 4 is 17.5 Å². The molecule has 1 N–H and O–H groups in total. The minimum absolute atomic E-state index is 0.180. The van der Waals surface area contributed by atoms with E-state index in [4.69, 9.17) is 11.6 Å². The third-order valence-corrected chi connectivity index (χ3v) is 3.55. The van der Waals surface area contributed by atoms with Crippen LogP contribution in [0.15, 0.2) is 18.7 Å². The SMILES string of the molecule is CN1CCC(Nc2nc(Cl)nc(-n3ccnc3)n2)CC1. The van der Waals surface area contributed by atoms with Crippen molar-refractivity contribution in [2.75, 3.05) is 25.5 Å². The second-order valence-electron chi connectivity index (χ2n) is 4.92. The summed E-state index contributed by atoms with van der Waals surface area (Å²) in [6, 6.07) is 0.375. The van der Waals surface area contributed by atoms with E-state index in [2.05, 4.69) is 37.2 Å². The highest BCUT2D eigenvalue weighted by molar-refractivity contribution is 6.28. The molecule has 0 spiro atoms. The molecule has 1 aliphatic heterocycles. The molecule has 2 aromatic heterocycles. The fourth-order valence-electron chi connectivity index (χ4n) is 2.23. The van der Waals surface area contributed by atoms with Crippen LogP contribution in [0.3, 0.4) is 0 Å². The van der Waals surface area contributed by atoms with E-state index in [9.17, 15) is 0 Å². The normalized spacial score (nSPS) is 17.3. The zero-order chi connectivity index (χ0) is 13.9. The van der Waals surface area contributed by atoms with Crippen molar-refractivity contribution in [1.29, 1.82) is 0 Å². The number of nitrogens with zero attached hydrogens (tertiary/aromatic N) is 6. The van der Waals surface area contributed by atoms with Gasteiger partial charge >= 0.3 is 0 Å². The second kappa shape index (κ2) is 5.72. The van der Waals surface area contributed by atoms with Gasteiger partial charge in [-0.05, 0) is 44.6 Å². The van der Waals surface area contributed by atoms with Gasteiger partial charge in [0.2, 0.25) is 17.2 Å². The van der Waals surface area contributed by atoms with Crippen molar-refractivity contribution in [3.8, 4) is 5.95 Å². The van der Waals surface area contributed by atoms with Gasteiger partial charge in [-0.25, -0.2) is 4.98 Å². The lowest BCUT2D eigenvalue weighted by Gasteiger charge is -2.29. The van der Waals surface area contributed by atoms with E-state index < -0.39 is 0 Å². The topological polar surface area (TPSA) is 71.8 Å². The van der Waals surface area contributed by atoms with Crippen molar-refractivity contribution in [3.63, 3.8) is 0 Å². The summed E-state index contributed by atoms with van der Waals surface area (Å²) >= 11 is 5.96. The van der Waals surface area contributed by atoms with Crippen LogP contribution >= 0.6 is 11.6 Å². The fraction of sp³-hybridized carbons (Fsp3) is 0.500. The first-order valence-corrected chi connectivity index (χ1v) is 6.93. The molecular weight excluding hydrogens is 278 g/mol. The molecule has 1 fully saturated rings. The number of likely N-dealkylation sites (tertiary alicyclic amines) is 1. The second-order valence-corrected chi connectivity index (χ2v) is 5.26. The van der Waals surface area contributed by atoms with E-state index in [-0.39, 0.29) is 5.28 Å². The maximum absolute atomic E-state index is 5.96. The Hall–Kier alpha value is -1.73. The van der Waals surface area contributed by atoms with Crippen LogP contribution < -0.4 is 5.32 Å². The fourth-order valence-corrected chi connectivity index (χ4v) is 2.39. The standard InChI is InChI=1S/C12H16ClN7/c1-19-5-2-9(3-6-19)15-11-16-10(13)17-12(18-11)20-7-4-14-8-20/h4,7-9H,2-3,5-6H2,1H3,(H,15,16,17,18). The van der Waals surface area contributed by atoms with Crippen LogP contribution in [-0.2, 0) is 0 Å². The quantitative estimate of drug-likeness (QED) is 0.917. The Kier molecular flexibility index (Phi) is 3.79. The van der Waals surface area contributed by atoms with Crippen molar-refractivity contribution in [1.82, 2.24) is 29.4 Å². The molecule has 0 amide bonds. The molecule has 1 aliphatic rings. The van der Waals surface area contributed by atoms with Crippen LogP contribution in [-0.4, -0.2) is 55.6 Å². The summed E-state index contributed by atoms with van der Waals surface area (Å²) in [5.74, 6) is 0.987. The third kappa shape index (κ3) is 3.05. The Balaban J connectivity index is 1.76. The van der Waals surface area contributed by atoms with Gasteiger partial charge in [0.25, 0.3) is 0 Å². The zero-order valence-electron chi connectivity index (χ0n) is 11.2. The average molecular weight is 294 g/mol. The van der Waals surface area contributed by atoms with Crippen molar-refractivity contribution in [3.05, 3.63) is 24.0 Å². The lowest BCUT2D eigenvalue weighted by Crippen LogP contribution is -2.37. The predicted molar refractivity (Wildman–Crippen MR) is 76.1 cm³/mol. The maximum atomic E-state index is 5.96. The van der Waals surface area contributed by atoms with Crippen molar-refractivity contribution < 1.29 is 0 Å². The Labute approximate surface area is 122 Å². The summed E-state index contributed by atoms with van der Waals surface area (Å²) in [7, 11) is 2.13. The zero-order valence-corrected chi connectivity index (χ0v) is 12.0. The van der Waals surface area contributed by atoms with Crippen molar-refractivity contribution in [2.24, 2.45) is 0 Å². The number of aromatic nitrogens is 5. The van der Waals surface area contributed by atoms with Crippen LogP contribution in [0.5, 0.6) is 0 Å². The van der Waals surface area contributed by atoms with Gasteiger partial charge in [-0.1, -0.05) is 0 Å². The number of hydrogen-bond acceptors (Lipinski definition) is 6. The summed E-state index contributed by atoms with van der Waals surface area (Å²) in [6.45, 7) is 2.15. The first-order chi connectivity index (χ1) is 9.70. The summed E-state index contributed by atoms with van der Waals surface area (Å²) in [6.07, 6.45) is 7.21. The molecule has 0 radical (unpaired) electrons. The summed E-state index contributed by atoms with van der Waals surface area (Å²) in [4.78, 5) is 18.9. The highest BCUT2D eigenvalue weighted by Crippen LogP contribution is 2.15. The Morgan fingerprint density at radius 2 is 2.05 bits per heavy atom. The minimum atomic E-state index is 0.180. The Morgan fingerprint density at radius 3 is 2.75 bits per heavy atom. The molecule has 7 nitrogen and oxygen atoms in total. The van der Waals surface area contributed by atoms with Crippen LogP contribution in [0.4, 0.5) is 5.95 Å². The molecule has 0 bridgehead atoms. The Bertz CT molecular complexity index is 563. The third-order valence-electron chi connectivity index (χ3n) is 3.38. The summed E-state index contributed by atoms with van der Waals surface area (Å²) in [5, 5.41) is 3.52.